The van der Waals surface area contributed by atoms with Gasteiger partial charge in [-0.3, -0.25) is 9.78 Å². The molecule has 3 heterocycles. The lowest BCUT2D eigenvalue weighted by Gasteiger charge is -2.32. The maximum atomic E-state index is 15.5. The van der Waals surface area contributed by atoms with Crippen molar-refractivity contribution in [2.45, 2.75) is 32.4 Å². The van der Waals surface area contributed by atoms with Crippen LogP contribution in [0.2, 0.25) is 0 Å². The number of alkyl halides is 3. The SMILES string of the molecule is COc1cc2c(Oc3ccc(NC(=O)C4=NN(c5cccc(C(F)(F)F)c5)C(=C=O)N(C)C4=C=O)cc3F)ccnc2cc1OCCCN1CCC(C)CC1. The van der Waals surface area contributed by atoms with Crippen molar-refractivity contribution in [1.29, 1.82) is 0 Å². The summed E-state index contributed by atoms with van der Waals surface area (Å²) < 4.78 is 73.4. The van der Waals surface area contributed by atoms with Crippen LogP contribution in [0, 0.1) is 11.7 Å². The van der Waals surface area contributed by atoms with E-state index in [9.17, 15) is 27.6 Å². The predicted molar refractivity (Wildman–Crippen MR) is 196 cm³/mol. The molecule has 0 spiro atoms. The molecule has 0 unspecified atom stereocenters. The van der Waals surface area contributed by atoms with E-state index in [1.165, 1.54) is 63.3 Å². The molecule has 1 fully saturated rings. The number of nitrogens with one attached hydrogen (secondary N) is 1. The van der Waals surface area contributed by atoms with Crippen LogP contribution in [0.5, 0.6) is 23.0 Å². The Bertz CT molecular complexity index is 2230. The van der Waals surface area contributed by atoms with Gasteiger partial charge in [0, 0.05) is 43.0 Å². The molecule has 0 atom stereocenters. The molecule has 6 rings (SSSR count). The van der Waals surface area contributed by atoms with Crippen molar-refractivity contribution in [3.63, 3.8) is 0 Å². The molecule has 12 nitrogen and oxygen atoms in total. The van der Waals surface area contributed by atoms with Crippen LogP contribution >= 0.6 is 0 Å². The summed E-state index contributed by atoms with van der Waals surface area (Å²) in [4.78, 5) is 44.9. The highest BCUT2D eigenvalue weighted by Crippen LogP contribution is 2.38. The standard InChI is InChI=1S/C39H36F4N6O6/c1-24-11-15-48(16-12-24)14-5-17-54-35-21-30-28(20-34(35)53-3)32(10-13-44-30)55-33-9-8-26(19-29(33)40)45-38(52)37-31(22-50)47(2)36(23-51)49(46-37)27-7-4-6-25(18-27)39(41,42)43/h4,6-10,13,18-21,24H,5,11-12,14-17H2,1-3H3,(H,45,52). The van der Waals surface area contributed by atoms with Crippen molar-refractivity contribution >= 4 is 45.8 Å². The number of rotatable bonds is 11. The number of methoxy groups -OCH3 is 1. The summed E-state index contributed by atoms with van der Waals surface area (Å²) in [7, 11) is 2.72. The van der Waals surface area contributed by atoms with Crippen LogP contribution in [0.15, 0.2) is 83.5 Å². The van der Waals surface area contributed by atoms with E-state index in [1.54, 1.807) is 18.2 Å². The minimum atomic E-state index is -4.72. The third kappa shape index (κ3) is 8.62. The number of aromatic nitrogens is 1. The molecule has 0 bridgehead atoms. The zero-order valence-electron chi connectivity index (χ0n) is 30.1. The average molecular weight is 761 g/mol. The fourth-order valence-electron chi connectivity index (χ4n) is 6.19. The molecule has 0 aliphatic carbocycles. The summed E-state index contributed by atoms with van der Waals surface area (Å²) in [6.07, 6.45) is 0.0373. The zero-order chi connectivity index (χ0) is 39.3. The third-order valence-electron chi connectivity index (χ3n) is 9.25. The number of fused-ring (bicyclic) bond motifs is 1. The summed E-state index contributed by atoms with van der Waals surface area (Å²) in [5.74, 6) is 2.42. The van der Waals surface area contributed by atoms with Crippen LogP contribution in [0.3, 0.4) is 0 Å². The molecule has 2 aliphatic heterocycles. The van der Waals surface area contributed by atoms with Gasteiger partial charge >= 0.3 is 6.18 Å². The van der Waals surface area contributed by atoms with Crippen molar-refractivity contribution < 1.29 is 46.2 Å². The predicted octanol–water partition coefficient (Wildman–Crippen LogP) is 6.83. The molecule has 16 heteroatoms. The first-order valence-electron chi connectivity index (χ1n) is 17.3. The van der Waals surface area contributed by atoms with Gasteiger partial charge in [-0.05, 0) is 80.7 Å². The van der Waals surface area contributed by atoms with E-state index in [0.29, 0.717) is 35.1 Å². The molecule has 1 aromatic heterocycles. The van der Waals surface area contributed by atoms with Gasteiger partial charge in [-0.1, -0.05) is 13.0 Å². The summed E-state index contributed by atoms with van der Waals surface area (Å²) in [5, 5.41) is 7.66. The molecular weight excluding hydrogens is 724 g/mol. The lowest BCUT2D eigenvalue weighted by Crippen LogP contribution is -2.43. The molecule has 0 saturated carbocycles. The van der Waals surface area contributed by atoms with Crippen molar-refractivity contribution in [3.05, 3.63) is 89.8 Å². The fourth-order valence-corrected chi connectivity index (χ4v) is 6.19. The largest absolute Gasteiger partial charge is 0.493 e. The number of hydrogen-bond acceptors (Lipinski definition) is 11. The monoisotopic (exact) mass is 760 g/mol. The van der Waals surface area contributed by atoms with Crippen molar-refractivity contribution in [2.75, 3.05) is 50.7 Å². The van der Waals surface area contributed by atoms with Gasteiger partial charge in [0.05, 0.1) is 30.5 Å². The Balaban J connectivity index is 1.18. The molecule has 1 amide bonds. The zero-order valence-corrected chi connectivity index (χ0v) is 30.1. The highest BCUT2D eigenvalue weighted by molar-refractivity contribution is 6.50. The summed E-state index contributed by atoms with van der Waals surface area (Å²) in [6, 6.07) is 12.4. The molecule has 0 radical (unpaired) electrons. The second kappa shape index (κ2) is 16.4. The number of nitrogens with zero attached hydrogens (tertiary/aromatic N) is 5. The van der Waals surface area contributed by atoms with Crippen molar-refractivity contribution in [3.8, 4) is 23.0 Å². The molecule has 286 valence electrons. The maximum absolute atomic E-state index is 15.5. The lowest BCUT2D eigenvalue weighted by atomic mass is 9.99. The number of benzene rings is 3. The lowest BCUT2D eigenvalue weighted by molar-refractivity contribution is -0.137. The van der Waals surface area contributed by atoms with Gasteiger partial charge in [-0.2, -0.15) is 18.3 Å². The Morgan fingerprint density at radius 1 is 0.982 bits per heavy atom. The van der Waals surface area contributed by atoms with Gasteiger partial charge in [0.15, 0.2) is 46.4 Å². The van der Waals surface area contributed by atoms with E-state index < -0.39 is 40.7 Å². The molecule has 1 saturated heterocycles. The van der Waals surface area contributed by atoms with E-state index in [0.717, 1.165) is 60.1 Å². The molecule has 2 aliphatic rings. The number of hydrogen-bond donors (Lipinski definition) is 1. The third-order valence-corrected chi connectivity index (χ3v) is 9.25. The quantitative estimate of drug-likeness (QED) is 0.0989. The molecule has 1 N–H and O–H groups in total. The highest BCUT2D eigenvalue weighted by Gasteiger charge is 2.36. The van der Waals surface area contributed by atoms with Gasteiger partial charge in [-0.15, -0.1) is 0 Å². The van der Waals surface area contributed by atoms with Crippen LogP contribution in [-0.2, 0) is 20.6 Å². The fraction of sp³-hybridized carbons (Fsp3) is 0.308. The van der Waals surface area contributed by atoms with Gasteiger partial charge in [0.25, 0.3) is 5.91 Å². The number of likely N-dealkylation sites (tertiary alicyclic amines) is 1. The second-order valence-electron chi connectivity index (χ2n) is 13.0. The first-order valence-corrected chi connectivity index (χ1v) is 17.3. The van der Waals surface area contributed by atoms with Gasteiger partial charge in [0.1, 0.15) is 5.75 Å². The number of ether oxygens (including phenoxy) is 3. The van der Waals surface area contributed by atoms with Crippen molar-refractivity contribution in [1.82, 2.24) is 14.8 Å². The van der Waals surface area contributed by atoms with E-state index in [-0.39, 0.29) is 22.9 Å². The number of pyridine rings is 1. The van der Waals surface area contributed by atoms with Crippen molar-refractivity contribution in [2.24, 2.45) is 11.0 Å². The number of halogens is 4. The smallest absolute Gasteiger partial charge is 0.416 e. The van der Waals surface area contributed by atoms with E-state index in [1.807, 2.05) is 0 Å². The Hall–Kier alpha value is -6.21. The van der Waals surface area contributed by atoms with Crippen LogP contribution < -0.4 is 24.5 Å². The van der Waals surface area contributed by atoms with E-state index >= 15 is 4.39 Å². The van der Waals surface area contributed by atoms with Gasteiger partial charge < -0.3 is 29.3 Å². The van der Waals surface area contributed by atoms with Gasteiger partial charge in [0.2, 0.25) is 5.82 Å². The van der Waals surface area contributed by atoms with Gasteiger partial charge in [-0.25, -0.2) is 19.0 Å². The Morgan fingerprint density at radius 2 is 1.76 bits per heavy atom. The Kier molecular flexibility index (Phi) is 11.5. The Labute approximate surface area is 313 Å². The molecule has 4 aromatic rings. The normalized spacial score (nSPS) is 15.4. The number of amides is 1. The second-order valence-corrected chi connectivity index (χ2v) is 13.0. The first kappa shape index (κ1) is 38.5. The number of carbonyl (C=O) groups is 1. The minimum absolute atomic E-state index is 0.0781. The number of carbonyl (C=O) groups excluding carboxylic acids is 3. The van der Waals surface area contributed by atoms with Crippen LogP contribution in [0.4, 0.5) is 28.9 Å². The summed E-state index contributed by atoms with van der Waals surface area (Å²) in [6.45, 7) is 5.89. The summed E-state index contributed by atoms with van der Waals surface area (Å²) in [5.41, 5.74) is -1.98. The molecule has 55 heavy (non-hydrogen) atoms. The molecule has 3 aromatic carbocycles. The van der Waals surface area contributed by atoms with Crippen LogP contribution in [0.1, 0.15) is 31.7 Å². The maximum Gasteiger partial charge on any atom is 0.416 e. The Morgan fingerprint density at radius 3 is 2.45 bits per heavy atom. The first-order chi connectivity index (χ1) is 26.4. The number of hydrazone groups is 1. The highest BCUT2D eigenvalue weighted by atomic mass is 19.4. The average Bonchev–Trinajstić information content (AvgIpc) is 3.17. The minimum Gasteiger partial charge on any atom is -0.493 e. The topological polar surface area (TPSA) is 126 Å². The number of anilines is 2. The molecular formula is C39H36F4N6O6. The van der Waals surface area contributed by atoms with Crippen LogP contribution in [0.25, 0.3) is 10.9 Å². The van der Waals surface area contributed by atoms with E-state index in [4.69, 9.17) is 14.2 Å². The number of piperidine rings is 1. The van der Waals surface area contributed by atoms with Crippen LogP contribution in [-0.4, -0.2) is 78.7 Å². The summed E-state index contributed by atoms with van der Waals surface area (Å²) >= 11 is 0. The van der Waals surface area contributed by atoms with E-state index in [2.05, 4.69) is 27.2 Å².